The SMILES string of the molecule is CCc1n[nH]c(=S)n1CC1(C(C)C)CC1. The fraction of sp³-hybridized carbons (Fsp3) is 0.818. The first-order chi connectivity index (χ1) is 7.09. The normalized spacial score (nSPS) is 18.4. The van der Waals surface area contributed by atoms with Gasteiger partial charge in [-0.15, -0.1) is 0 Å². The van der Waals surface area contributed by atoms with Crippen LogP contribution in [0.3, 0.4) is 0 Å². The molecule has 1 N–H and O–H groups in total. The zero-order valence-corrected chi connectivity index (χ0v) is 10.5. The third-order valence-electron chi connectivity index (χ3n) is 3.74. The highest BCUT2D eigenvalue weighted by molar-refractivity contribution is 7.71. The number of hydrogen-bond acceptors (Lipinski definition) is 2. The van der Waals surface area contributed by atoms with Crippen molar-refractivity contribution in [2.75, 3.05) is 0 Å². The summed E-state index contributed by atoms with van der Waals surface area (Å²) in [4.78, 5) is 0. The maximum absolute atomic E-state index is 5.27. The van der Waals surface area contributed by atoms with Crippen LogP contribution in [0.25, 0.3) is 0 Å². The van der Waals surface area contributed by atoms with Crippen LogP contribution in [0.1, 0.15) is 39.4 Å². The lowest BCUT2D eigenvalue weighted by Gasteiger charge is -2.20. The second-order valence-electron chi connectivity index (χ2n) is 4.90. The number of H-pyrrole nitrogens is 1. The third kappa shape index (κ3) is 1.87. The molecular formula is C11H19N3S. The van der Waals surface area contributed by atoms with Crippen molar-refractivity contribution in [3.05, 3.63) is 10.6 Å². The van der Waals surface area contributed by atoms with Gasteiger partial charge in [0.15, 0.2) is 4.77 Å². The Kier molecular flexibility index (Phi) is 2.71. The first kappa shape index (κ1) is 10.9. The highest BCUT2D eigenvalue weighted by Gasteiger charge is 2.45. The van der Waals surface area contributed by atoms with Crippen LogP contribution >= 0.6 is 12.2 Å². The Morgan fingerprint density at radius 2 is 2.20 bits per heavy atom. The Hall–Kier alpha value is -0.640. The Morgan fingerprint density at radius 3 is 2.67 bits per heavy atom. The summed E-state index contributed by atoms with van der Waals surface area (Å²) in [6.45, 7) is 7.78. The van der Waals surface area contributed by atoms with Crippen LogP contribution in [0.2, 0.25) is 0 Å². The fourth-order valence-electron chi connectivity index (χ4n) is 2.18. The standard InChI is InChI=1S/C11H19N3S/c1-4-9-12-13-10(15)14(9)7-11(5-6-11)8(2)3/h8H,4-7H2,1-3H3,(H,13,15). The van der Waals surface area contributed by atoms with E-state index in [1.807, 2.05) is 0 Å². The molecule has 4 heteroatoms. The summed E-state index contributed by atoms with van der Waals surface area (Å²) in [5.74, 6) is 1.82. The van der Waals surface area contributed by atoms with E-state index in [0.717, 1.165) is 29.5 Å². The van der Waals surface area contributed by atoms with Gasteiger partial charge in [-0.25, -0.2) is 0 Å². The summed E-state index contributed by atoms with van der Waals surface area (Å²) in [6.07, 6.45) is 3.61. The minimum Gasteiger partial charge on any atom is -0.304 e. The summed E-state index contributed by atoms with van der Waals surface area (Å²) in [7, 11) is 0. The molecular weight excluding hydrogens is 206 g/mol. The lowest BCUT2D eigenvalue weighted by molar-refractivity contribution is 0.303. The van der Waals surface area contributed by atoms with E-state index in [2.05, 4.69) is 35.5 Å². The molecule has 1 heterocycles. The van der Waals surface area contributed by atoms with E-state index in [1.165, 1.54) is 12.8 Å². The molecule has 1 fully saturated rings. The second kappa shape index (κ2) is 3.74. The molecule has 0 aliphatic heterocycles. The van der Waals surface area contributed by atoms with Gasteiger partial charge in [0.05, 0.1) is 0 Å². The molecule has 0 aromatic carbocycles. The summed E-state index contributed by atoms with van der Waals surface area (Å²) < 4.78 is 2.96. The van der Waals surface area contributed by atoms with Crippen LogP contribution in [-0.2, 0) is 13.0 Å². The van der Waals surface area contributed by atoms with E-state index in [-0.39, 0.29) is 0 Å². The van der Waals surface area contributed by atoms with Gasteiger partial charge in [-0.1, -0.05) is 20.8 Å². The topological polar surface area (TPSA) is 33.6 Å². The van der Waals surface area contributed by atoms with Gasteiger partial charge in [0, 0.05) is 13.0 Å². The molecule has 15 heavy (non-hydrogen) atoms. The number of nitrogens with zero attached hydrogens (tertiary/aromatic N) is 2. The molecule has 0 bridgehead atoms. The van der Waals surface area contributed by atoms with Gasteiger partial charge < -0.3 is 4.57 Å². The second-order valence-corrected chi connectivity index (χ2v) is 5.29. The maximum atomic E-state index is 5.27. The molecule has 3 nitrogen and oxygen atoms in total. The fourth-order valence-corrected chi connectivity index (χ4v) is 2.39. The van der Waals surface area contributed by atoms with E-state index in [0.29, 0.717) is 5.41 Å². The lowest BCUT2D eigenvalue weighted by atomic mass is 9.92. The van der Waals surface area contributed by atoms with Gasteiger partial charge in [0.2, 0.25) is 0 Å². The third-order valence-corrected chi connectivity index (χ3v) is 4.06. The number of nitrogens with one attached hydrogen (secondary N) is 1. The van der Waals surface area contributed by atoms with Crippen LogP contribution < -0.4 is 0 Å². The molecule has 1 aromatic rings. The molecule has 0 saturated heterocycles. The van der Waals surface area contributed by atoms with Gasteiger partial charge in [-0.3, -0.25) is 5.10 Å². The smallest absolute Gasteiger partial charge is 0.195 e. The van der Waals surface area contributed by atoms with Crippen molar-refractivity contribution >= 4 is 12.2 Å². The molecule has 1 aromatic heterocycles. The van der Waals surface area contributed by atoms with Crippen molar-refractivity contribution < 1.29 is 0 Å². The highest BCUT2D eigenvalue weighted by atomic mass is 32.1. The average molecular weight is 225 g/mol. The summed E-state index contributed by atoms with van der Waals surface area (Å²) in [5, 5.41) is 7.14. The zero-order chi connectivity index (χ0) is 11.1. The largest absolute Gasteiger partial charge is 0.304 e. The van der Waals surface area contributed by atoms with Crippen molar-refractivity contribution in [3.8, 4) is 0 Å². The Bertz CT molecular complexity index is 398. The van der Waals surface area contributed by atoms with Gasteiger partial charge >= 0.3 is 0 Å². The predicted octanol–water partition coefficient (Wildman–Crippen LogP) is 2.94. The van der Waals surface area contributed by atoms with Crippen LogP contribution in [0.4, 0.5) is 0 Å². The molecule has 0 spiro atoms. The number of aryl methyl sites for hydroxylation is 1. The van der Waals surface area contributed by atoms with Crippen LogP contribution in [0.5, 0.6) is 0 Å². The Balaban J connectivity index is 2.24. The molecule has 1 aliphatic carbocycles. The van der Waals surface area contributed by atoms with Crippen LogP contribution in [-0.4, -0.2) is 14.8 Å². The molecule has 1 aliphatic rings. The lowest BCUT2D eigenvalue weighted by Crippen LogP contribution is -2.19. The van der Waals surface area contributed by atoms with Crippen LogP contribution in [0, 0.1) is 16.1 Å². The van der Waals surface area contributed by atoms with E-state index in [9.17, 15) is 0 Å². The number of aromatic nitrogens is 3. The minimum absolute atomic E-state index is 0.492. The summed E-state index contributed by atoms with van der Waals surface area (Å²) in [5.41, 5.74) is 0.492. The monoisotopic (exact) mass is 225 g/mol. The Labute approximate surface area is 95.9 Å². The molecule has 1 saturated carbocycles. The summed E-state index contributed by atoms with van der Waals surface area (Å²) >= 11 is 5.27. The van der Waals surface area contributed by atoms with Crippen molar-refractivity contribution in [3.63, 3.8) is 0 Å². The van der Waals surface area contributed by atoms with Gasteiger partial charge in [0.1, 0.15) is 5.82 Å². The van der Waals surface area contributed by atoms with E-state index in [1.54, 1.807) is 0 Å². The van der Waals surface area contributed by atoms with Crippen molar-refractivity contribution in [1.29, 1.82) is 0 Å². The van der Waals surface area contributed by atoms with Gasteiger partial charge in [-0.2, -0.15) is 5.10 Å². The number of hydrogen-bond donors (Lipinski definition) is 1. The van der Waals surface area contributed by atoms with Gasteiger partial charge in [-0.05, 0) is 36.4 Å². The highest BCUT2D eigenvalue weighted by Crippen LogP contribution is 2.53. The number of aromatic amines is 1. The predicted molar refractivity (Wildman–Crippen MR) is 63.3 cm³/mol. The average Bonchev–Trinajstić information content (AvgIpc) is 2.90. The van der Waals surface area contributed by atoms with E-state index in [4.69, 9.17) is 12.2 Å². The minimum atomic E-state index is 0.492. The number of rotatable bonds is 4. The first-order valence-corrected chi connectivity index (χ1v) is 6.14. The molecule has 0 amide bonds. The Morgan fingerprint density at radius 1 is 1.53 bits per heavy atom. The zero-order valence-electron chi connectivity index (χ0n) is 9.71. The maximum Gasteiger partial charge on any atom is 0.195 e. The molecule has 0 atom stereocenters. The molecule has 0 unspecified atom stereocenters. The van der Waals surface area contributed by atoms with Crippen molar-refractivity contribution in [1.82, 2.24) is 14.8 Å². The molecule has 0 radical (unpaired) electrons. The van der Waals surface area contributed by atoms with Crippen molar-refractivity contribution in [2.24, 2.45) is 11.3 Å². The van der Waals surface area contributed by atoms with E-state index >= 15 is 0 Å². The summed E-state index contributed by atoms with van der Waals surface area (Å²) in [6, 6.07) is 0. The van der Waals surface area contributed by atoms with Crippen LogP contribution in [0.15, 0.2) is 0 Å². The molecule has 2 rings (SSSR count). The molecule has 84 valence electrons. The first-order valence-electron chi connectivity index (χ1n) is 5.73. The quantitative estimate of drug-likeness (QED) is 0.799. The van der Waals surface area contributed by atoms with Gasteiger partial charge in [0.25, 0.3) is 0 Å². The van der Waals surface area contributed by atoms with E-state index < -0.39 is 0 Å². The van der Waals surface area contributed by atoms with Crippen molar-refractivity contribution in [2.45, 2.75) is 46.6 Å².